The van der Waals surface area contributed by atoms with E-state index in [0.29, 0.717) is 11.4 Å². The van der Waals surface area contributed by atoms with Gasteiger partial charge in [0.25, 0.3) is 11.5 Å². The summed E-state index contributed by atoms with van der Waals surface area (Å²) >= 11 is 5.36. The summed E-state index contributed by atoms with van der Waals surface area (Å²) < 4.78 is 43.3. The summed E-state index contributed by atoms with van der Waals surface area (Å²) in [7, 11) is 0. The van der Waals surface area contributed by atoms with Crippen molar-refractivity contribution in [2.24, 2.45) is 11.7 Å². The fourth-order valence-corrected chi connectivity index (χ4v) is 6.92. The highest BCUT2D eigenvalue weighted by molar-refractivity contribution is 7.79. The molecule has 0 bridgehead atoms. The number of ether oxygens (including phenoxy) is 7. The molecule has 0 unspecified atom stereocenters. The zero-order chi connectivity index (χ0) is 39.3. The number of carbonyl (C=O) groups excluding carboxylic acids is 2. The van der Waals surface area contributed by atoms with Gasteiger partial charge in [-0.3, -0.25) is 23.9 Å². The highest BCUT2D eigenvalue weighted by Gasteiger charge is 2.56. The lowest BCUT2D eigenvalue weighted by Gasteiger charge is -2.35. The minimum Gasteiger partial charge on any atom is -0.456 e. The number of fused-ring (bicyclic) bond motifs is 1. The van der Waals surface area contributed by atoms with Gasteiger partial charge in [0.1, 0.15) is 18.0 Å². The highest BCUT2D eigenvalue weighted by atomic mass is 32.1. The van der Waals surface area contributed by atoms with E-state index in [1.807, 2.05) is 12.1 Å². The van der Waals surface area contributed by atoms with Crippen LogP contribution in [0.3, 0.4) is 0 Å². The van der Waals surface area contributed by atoms with Crippen molar-refractivity contribution in [1.82, 2.24) is 9.55 Å². The van der Waals surface area contributed by atoms with Gasteiger partial charge in [-0.1, -0.05) is 50.1 Å². The molecule has 2 fully saturated rings. The monoisotopic (exact) mass is 780 g/mol. The van der Waals surface area contributed by atoms with Crippen LogP contribution in [0.1, 0.15) is 51.8 Å². The molecule has 16 nitrogen and oxygen atoms in total. The maximum absolute atomic E-state index is 13.6. The first-order valence-corrected chi connectivity index (χ1v) is 18.4. The maximum Gasteiger partial charge on any atom is 0.358 e. The summed E-state index contributed by atoms with van der Waals surface area (Å²) in [4.78, 5) is 53.9. The topological polar surface area (TPSA) is 212 Å². The van der Waals surface area contributed by atoms with Gasteiger partial charge in [0, 0.05) is 30.2 Å². The number of aliphatic hydroxyl groups is 1. The van der Waals surface area contributed by atoms with Crippen molar-refractivity contribution < 1.29 is 47.9 Å². The summed E-state index contributed by atoms with van der Waals surface area (Å²) in [6.07, 6.45) is -2.21. The average molecular weight is 781 g/mol. The van der Waals surface area contributed by atoms with Crippen molar-refractivity contribution in [2.45, 2.75) is 95.3 Å². The molecule has 0 spiro atoms. The van der Waals surface area contributed by atoms with E-state index >= 15 is 0 Å². The maximum atomic E-state index is 13.6. The van der Waals surface area contributed by atoms with Crippen molar-refractivity contribution in [3.63, 3.8) is 0 Å². The molecule has 3 aliphatic heterocycles. The number of hydrogen-bond donors (Lipinski definition) is 4. The zero-order valence-electron chi connectivity index (χ0n) is 30.5. The predicted octanol–water partition coefficient (Wildman–Crippen LogP) is 2.79. The van der Waals surface area contributed by atoms with Crippen LogP contribution in [0.2, 0.25) is 0 Å². The Bertz CT molecular complexity index is 1980. The van der Waals surface area contributed by atoms with Gasteiger partial charge >= 0.3 is 10.9 Å². The van der Waals surface area contributed by atoms with E-state index in [0.717, 1.165) is 48.1 Å². The Labute approximate surface area is 321 Å². The number of nitrogens with two attached hydrogens (primary N) is 1. The van der Waals surface area contributed by atoms with E-state index in [2.05, 4.69) is 17.2 Å². The molecule has 0 aliphatic carbocycles. The minimum atomic E-state index is -1.70. The third kappa shape index (κ3) is 9.49. The lowest BCUT2D eigenvalue weighted by atomic mass is 9.94. The Kier molecular flexibility index (Phi) is 12.5. The number of benzene rings is 2. The number of hydrogen-bond acceptors (Lipinski definition) is 13. The third-order valence-electron chi connectivity index (χ3n) is 9.29. The lowest BCUT2D eigenvalue weighted by Crippen LogP contribution is -2.52. The molecule has 55 heavy (non-hydrogen) atoms. The molecule has 17 heteroatoms. The molecule has 3 aromatic rings. The molecular formula is C38H44N4O12S. The second-order valence-electron chi connectivity index (χ2n) is 13.8. The largest absolute Gasteiger partial charge is 0.456 e. The van der Waals surface area contributed by atoms with Gasteiger partial charge in [-0.2, -0.15) is 0 Å². The highest BCUT2D eigenvalue weighted by Crippen LogP contribution is 2.41. The molecule has 6 rings (SSSR count). The van der Waals surface area contributed by atoms with E-state index in [9.17, 15) is 24.3 Å². The minimum absolute atomic E-state index is 0.170. The van der Waals surface area contributed by atoms with Gasteiger partial charge in [0.2, 0.25) is 12.2 Å². The fraction of sp³-hybridized carbons (Fsp3) is 0.447. The SMILES string of the molecule is CCCCCc1ccc(NC(=O)C2=C[C@@H]3OC(C)(C)O[C@@H]3[C@@H](O[C@@H](C(N)=O)[C@H]3O[C@@H](n4ccc(=O)[nH]c4=O)[C@H](OC(=S)Oc4ccccc4)[C@@H]3CO)O2)cc1. The summed E-state index contributed by atoms with van der Waals surface area (Å²) in [6.45, 7) is 4.80. The molecule has 0 saturated carbocycles. The molecule has 5 N–H and O–H groups in total. The van der Waals surface area contributed by atoms with Crippen LogP contribution in [-0.4, -0.2) is 80.9 Å². The summed E-state index contributed by atoms with van der Waals surface area (Å²) in [5.74, 6) is -3.76. The number of thiocarbonyl (C=S) groups is 1. The quantitative estimate of drug-likeness (QED) is 0.137. The number of aliphatic hydroxyl groups excluding tert-OH is 1. The van der Waals surface area contributed by atoms with Crippen LogP contribution in [0.4, 0.5) is 5.69 Å². The van der Waals surface area contributed by atoms with Gasteiger partial charge in [0.15, 0.2) is 36.1 Å². The number of nitrogens with zero attached hydrogens (tertiary/aromatic N) is 1. The van der Waals surface area contributed by atoms with E-state index in [1.165, 1.54) is 6.08 Å². The molecule has 8 atom stereocenters. The Balaban J connectivity index is 1.25. The molecule has 2 saturated heterocycles. The van der Waals surface area contributed by atoms with Gasteiger partial charge < -0.3 is 49.3 Å². The Morgan fingerprint density at radius 2 is 1.82 bits per heavy atom. The number of H-pyrrole nitrogens is 1. The van der Waals surface area contributed by atoms with Crippen LogP contribution in [-0.2, 0) is 44.4 Å². The fourth-order valence-electron chi connectivity index (χ4n) is 6.71. The van der Waals surface area contributed by atoms with Crippen LogP contribution < -0.4 is 27.0 Å². The van der Waals surface area contributed by atoms with Crippen LogP contribution >= 0.6 is 12.2 Å². The zero-order valence-corrected chi connectivity index (χ0v) is 31.3. The van der Waals surface area contributed by atoms with E-state index in [4.69, 9.17) is 51.1 Å². The lowest BCUT2D eigenvalue weighted by molar-refractivity contribution is -0.239. The van der Waals surface area contributed by atoms with Crippen molar-refractivity contribution in [3.05, 3.63) is 105 Å². The van der Waals surface area contributed by atoms with Gasteiger partial charge in [0.05, 0.1) is 12.5 Å². The number of nitrogens with one attached hydrogen (secondary N) is 2. The molecule has 0 radical (unpaired) electrons. The number of primary amides is 1. The molecule has 2 aromatic carbocycles. The standard InChI is InChI=1S/C38H44N4O12S/c1-4-5-7-10-21-13-15-22(16-14-21)40-33(46)26-19-25-30(54-38(2,3)53-25)35(49-26)51-31(32(39)45)28-24(20-43)29(52-37(55)48-23-11-8-6-9-12-23)34(50-28)42-18-17-27(44)41-36(42)47/h6,8-9,11-19,24-25,28-31,34-35,43H,4-5,7,10,20H2,1-3H3,(H2,39,45)(H,40,46)(H,41,44,47)/t24-,25+,28+,29-,30+,31-,34-,35-/m1/s1. The normalized spacial score (nSPS) is 25.9. The number of aromatic nitrogens is 2. The third-order valence-corrected chi connectivity index (χ3v) is 9.47. The van der Waals surface area contributed by atoms with Crippen molar-refractivity contribution in [3.8, 4) is 5.75 Å². The van der Waals surface area contributed by atoms with Crippen molar-refractivity contribution in [1.29, 1.82) is 0 Å². The molecule has 4 heterocycles. The van der Waals surface area contributed by atoms with Gasteiger partial charge in [-0.25, -0.2) is 4.79 Å². The molecule has 3 aliphatic rings. The number of aromatic amines is 1. The number of para-hydroxylation sites is 1. The first-order valence-electron chi connectivity index (χ1n) is 18.0. The van der Waals surface area contributed by atoms with E-state index in [1.54, 1.807) is 56.3 Å². The smallest absolute Gasteiger partial charge is 0.358 e. The second-order valence-corrected chi connectivity index (χ2v) is 14.1. The number of rotatable bonds is 14. The van der Waals surface area contributed by atoms with E-state index < -0.39 is 84.4 Å². The second kappa shape index (κ2) is 17.3. The van der Waals surface area contributed by atoms with Gasteiger partial charge in [-0.15, -0.1) is 0 Å². The Hall–Kier alpha value is -4.91. The predicted molar refractivity (Wildman–Crippen MR) is 199 cm³/mol. The number of amides is 2. The van der Waals surface area contributed by atoms with Crippen molar-refractivity contribution in [2.75, 3.05) is 11.9 Å². The molecule has 294 valence electrons. The number of carbonyl (C=O) groups is 2. The Morgan fingerprint density at radius 1 is 1.07 bits per heavy atom. The van der Waals surface area contributed by atoms with Crippen LogP contribution in [0.25, 0.3) is 0 Å². The average Bonchev–Trinajstić information content (AvgIpc) is 3.66. The van der Waals surface area contributed by atoms with Crippen LogP contribution in [0, 0.1) is 5.92 Å². The number of aryl methyl sites for hydroxylation is 1. The Morgan fingerprint density at radius 3 is 2.49 bits per heavy atom. The van der Waals surface area contributed by atoms with Gasteiger partial charge in [-0.05, 0) is 62.6 Å². The first-order chi connectivity index (χ1) is 26.3. The molecular weight excluding hydrogens is 737 g/mol. The molecule has 2 amide bonds. The number of anilines is 1. The first kappa shape index (κ1) is 39.8. The summed E-state index contributed by atoms with van der Waals surface area (Å²) in [6, 6.07) is 17.1. The summed E-state index contributed by atoms with van der Waals surface area (Å²) in [5.41, 5.74) is 6.04. The van der Waals surface area contributed by atoms with E-state index in [-0.39, 0.29) is 11.0 Å². The molecule has 1 aromatic heterocycles. The van der Waals surface area contributed by atoms with Crippen LogP contribution in [0.5, 0.6) is 5.75 Å². The number of unbranched alkanes of at least 4 members (excludes halogenated alkanes) is 2. The van der Waals surface area contributed by atoms with Crippen molar-refractivity contribution >= 4 is 35.0 Å². The summed E-state index contributed by atoms with van der Waals surface area (Å²) in [5, 5.41) is 13.2. The van der Waals surface area contributed by atoms with Crippen LogP contribution in [0.15, 0.2) is 88.3 Å².